The average molecular weight is 443 g/mol. The number of sulfonamides is 1. The maximum atomic E-state index is 12.8. The quantitative estimate of drug-likeness (QED) is 0.729. The van der Waals surface area contributed by atoms with Crippen LogP contribution in [0.2, 0.25) is 0 Å². The first-order chi connectivity index (χ1) is 14.9. The number of aryl methyl sites for hydroxylation is 1. The lowest BCUT2D eigenvalue weighted by molar-refractivity contribution is -0.122. The van der Waals surface area contributed by atoms with Gasteiger partial charge in [-0.05, 0) is 86.9 Å². The zero-order valence-corrected chi connectivity index (χ0v) is 18.8. The van der Waals surface area contributed by atoms with E-state index in [1.807, 2.05) is 12.1 Å². The fourth-order valence-electron chi connectivity index (χ4n) is 4.31. The van der Waals surface area contributed by atoms with E-state index in [-0.39, 0.29) is 10.8 Å². The van der Waals surface area contributed by atoms with Crippen molar-refractivity contribution in [3.05, 3.63) is 53.6 Å². The number of nitrogens with one attached hydrogen (secondary N) is 1. The molecule has 1 aliphatic heterocycles. The molecule has 1 atom stereocenters. The smallest absolute Gasteiger partial charge is 0.265 e. The van der Waals surface area contributed by atoms with Gasteiger partial charge in [0.25, 0.3) is 5.91 Å². The van der Waals surface area contributed by atoms with E-state index in [9.17, 15) is 13.2 Å². The lowest BCUT2D eigenvalue weighted by Crippen LogP contribution is -2.35. The number of hydrogen-bond acceptors (Lipinski definition) is 4. The summed E-state index contributed by atoms with van der Waals surface area (Å²) in [6, 6.07) is 12.4. The predicted molar refractivity (Wildman–Crippen MR) is 121 cm³/mol. The summed E-state index contributed by atoms with van der Waals surface area (Å²) in [5, 5.41) is 2.83. The van der Waals surface area contributed by atoms with Crippen molar-refractivity contribution in [2.75, 3.05) is 18.4 Å². The van der Waals surface area contributed by atoms with Gasteiger partial charge in [0, 0.05) is 18.8 Å². The van der Waals surface area contributed by atoms with Gasteiger partial charge in [-0.1, -0.05) is 18.6 Å². The minimum atomic E-state index is -3.48. The van der Waals surface area contributed by atoms with Crippen molar-refractivity contribution in [1.29, 1.82) is 0 Å². The van der Waals surface area contributed by atoms with Gasteiger partial charge in [-0.2, -0.15) is 4.31 Å². The summed E-state index contributed by atoms with van der Waals surface area (Å²) in [6.07, 6.45) is 6.57. The van der Waals surface area contributed by atoms with Gasteiger partial charge in [-0.3, -0.25) is 4.79 Å². The van der Waals surface area contributed by atoms with Crippen molar-refractivity contribution < 1.29 is 17.9 Å². The van der Waals surface area contributed by atoms with Gasteiger partial charge in [0.15, 0.2) is 6.10 Å². The third-order valence-corrected chi connectivity index (χ3v) is 8.01. The first kappa shape index (κ1) is 21.8. The molecule has 1 amide bonds. The SMILES string of the molecule is C[C@@H](Oc1cccc2c1CCCC2)C(=O)Nc1ccc(S(=O)(=O)N2CCCCC2)cc1. The molecular formula is C24H30N2O4S. The van der Waals surface area contributed by atoms with Gasteiger partial charge in [0.2, 0.25) is 10.0 Å². The Labute approximate surface area is 184 Å². The summed E-state index contributed by atoms with van der Waals surface area (Å²) in [5.74, 6) is 0.517. The minimum absolute atomic E-state index is 0.257. The molecule has 0 radical (unpaired) electrons. The minimum Gasteiger partial charge on any atom is -0.481 e. The van der Waals surface area contributed by atoms with Gasteiger partial charge in [0.1, 0.15) is 5.75 Å². The summed E-state index contributed by atoms with van der Waals surface area (Å²) >= 11 is 0. The van der Waals surface area contributed by atoms with Crippen molar-refractivity contribution in [2.24, 2.45) is 0 Å². The van der Waals surface area contributed by atoms with Crippen LogP contribution in [0.4, 0.5) is 5.69 Å². The Morgan fingerprint density at radius 3 is 2.42 bits per heavy atom. The maximum Gasteiger partial charge on any atom is 0.265 e. The molecule has 31 heavy (non-hydrogen) atoms. The van der Waals surface area contributed by atoms with Crippen molar-refractivity contribution >= 4 is 21.6 Å². The third kappa shape index (κ3) is 4.93. The molecular weight excluding hydrogens is 412 g/mol. The fourth-order valence-corrected chi connectivity index (χ4v) is 5.83. The first-order valence-corrected chi connectivity index (χ1v) is 12.6. The topological polar surface area (TPSA) is 75.7 Å². The van der Waals surface area contributed by atoms with Crippen LogP contribution in [0.3, 0.4) is 0 Å². The molecule has 2 aliphatic rings. The Bertz CT molecular complexity index is 1030. The number of carbonyl (C=O) groups is 1. The molecule has 0 saturated carbocycles. The molecule has 1 saturated heterocycles. The Morgan fingerprint density at radius 2 is 1.68 bits per heavy atom. The molecule has 0 unspecified atom stereocenters. The highest BCUT2D eigenvalue weighted by Gasteiger charge is 2.26. The van der Waals surface area contributed by atoms with E-state index >= 15 is 0 Å². The maximum absolute atomic E-state index is 12.8. The van der Waals surface area contributed by atoms with E-state index in [1.54, 1.807) is 35.5 Å². The molecule has 4 rings (SSSR count). The highest BCUT2D eigenvalue weighted by molar-refractivity contribution is 7.89. The van der Waals surface area contributed by atoms with Gasteiger partial charge < -0.3 is 10.1 Å². The first-order valence-electron chi connectivity index (χ1n) is 11.1. The van der Waals surface area contributed by atoms with Gasteiger partial charge in [-0.15, -0.1) is 0 Å². The van der Waals surface area contributed by atoms with Crippen LogP contribution in [-0.2, 0) is 27.7 Å². The van der Waals surface area contributed by atoms with E-state index in [1.165, 1.54) is 17.5 Å². The van der Waals surface area contributed by atoms with Gasteiger partial charge >= 0.3 is 0 Å². The highest BCUT2D eigenvalue weighted by Crippen LogP contribution is 2.30. The molecule has 1 fully saturated rings. The van der Waals surface area contributed by atoms with Crippen LogP contribution >= 0.6 is 0 Å². The van der Waals surface area contributed by atoms with Crippen LogP contribution in [-0.4, -0.2) is 37.8 Å². The molecule has 1 aliphatic carbocycles. The molecule has 1 N–H and O–H groups in total. The van der Waals surface area contributed by atoms with Crippen LogP contribution < -0.4 is 10.1 Å². The summed E-state index contributed by atoms with van der Waals surface area (Å²) in [7, 11) is -3.48. The number of piperidine rings is 1. The number of carbonyl (C=O) groups excluding carboxylic acids is 1. The Kier molecular flexibility index (Phi) is 6.62. The zero-order chi connectivity index (χ0) is 21.8. The molecule has 0 spiro atoms. The van der Waals surface area contributed by atoms with Crippen LogP contribution in [0.1, 0.15) is 50.2 Å². The van der Waals surface area contributed by atoms with Crippen LogP contribution in [0, 0.1) is 0 Å². The number of fused-ring (bicyclic) bond motifs is 1. The second-order valence-electron chi connectivity index (χ2n) is 8.34. The van der Waals surface area contributed by atoms with E-state index < -0.39 is 16.1 Å². The summed E-state index contributed by atoms with van der Waals surface area (Å²) in [5.41, 5.74) is 3.07. The third-order valence-electron chi connectivity index (χ3n) is 6.10. The lowest BCUT2D eigenvalue weighted by atomic mass is 9.91. The molecule has 2 aromatic rings. The standard InChI is InChI=1S/C24H30N2O4S/c1-18(30-23-11-7-9-19-8-3-4-10-22(19)23)24(27)25-20-12-14-21(15-13-20)31(28,29)26-16-5-2-6-17-26/h7,9,11-15,18H,2-6,8,10,16-17H2,1H3,(H,25,27)/t18-/m1/s1. The van der Waals surface area contributed by atoms with Gasteiger partial charge in [0.05, 0.1) is 4.90 Å². The molecule has 7 heteroatoms. The largest absolute Gasteiger partial charge is 0.481 e. The summed E-state index contributed by atoms with van der Waals surface area (Å²) < 4.78 is 33.1. The number of amides is 1. The van der Waals surface area contributed by atoms with Crippen LogP contribution in [0.5, 0.6) is 5.75 Å². The number of rotatable bonds is 6. The van der Waals surface area contributed by atoms with E-state index in [0.717, 1.165) is 44.3 Å². The number of anilines is 1. The number of nitrogens with zero attached hydrogens (tertiary/aromatic N) is 1. The van der Waals surface area contributed by atoms with E-state index in [0.29, 0.717) is 18.8 Å². The van der Waals surface area contributed by atoms with Crippen molar-refractivity contribution in [3.63, 3.8) is 0 Å². The average Bonchev–Trinajstić information content (AvgIpc) is 2.80. The van der Waals surface area contributed by atoms with Crippen molar-refractivity contribution in [2.45, 2.75) is 62.9 Å². The molecule has 0 aromatic heterocycles. The second-order valence-corrected chi connectivity index (χ2v) is 10.3. The molecule has 2 aromatic carbocycles. The fraction of sp³-hybridized carbons (Fsp3) is 0.458. The normalized spacial score (nSPS) is 18.1. The molecule has 6 nitrogen and oxygen atoms in total. The monoisotopic (exact) mass is 442 g/mol. The van der Waals surface area contributed by atoms with Crippen molar-refractivity contribution in [1.82, 2.24) is 4.31 Å². The zero-order valence-electron chi connectivity index (χ0n) is 18.0. The van der Waals surface area contributed by atoms with Gasteiger partial charge in [-0.25, -0.2) is 8.42 Å². The lowest BCUT2D eigenvalue weighted by Gasteiger charge is -2.26. The van der Waals surface area contributed by atoms with E-state index in [4.69, 9.17) is 4.74 Å². The van der Waals surface area contributed by atoms with Crippen molar-refractivity contribution in [3.8, 4) is 5.75 Å². The summed E-state index contributed by atoms with van der Waals surface area (Å²) in [4.78, 5) is 12.9. The summed E-state index contributed by atoms with van der Waals surface area (Å²) in [6.45, 7) is 2.87. The number of hydrogen-bond donors (Lipinski definition) is 1. The molecule has 166 valence electrons. The second kappa shape index (κ2) is 9.40. The molecule has 1 heterocycles. The number of benzene rings is 2. The van der Waals surface area contributed by atoms with Crippen LogP contribution in [0.25, 0.3) is 0 Å². The Balaban J connectivity index is 1.39. The van der Waals surface area contributed by atoms with E-state index in [2.05, 4.69) is 11.4 Å². The number of ether oxygens (including phenoxy) is 1. The Hall–Kier alpha value is -2.38. The Morgan fingerprint density at radius 1 is 0.968 bits per heavy atom. The molecule has 0 bridgehead atoms. The van der Waals surface area contributed by atoms with Crippen LogP contribution in [0.15, 0.2) is 47.4 Å². The highest BCUT2D eigenvalue weighted by atomic mass is 32.2. The predicted octanol–water partition coefficient (Wildman–Crippen LogP) is 4.15.